The van der Waals surface area contributed by atoms with Crippen LogP contribution in [0.25, 0.3) is 108 Å². The van der Waals surface area contributed by atoms with E-state index in [1.54, 1.807) is 22.7 Å². The molecule has 56 heavy (non-hydrogen) atoms. The van der Waals surface area contributed by atoms with Crippen LogP contribution in [0.5, 0.6) is 0 Å². The van der Waals surface area contributed by atoms with Crippen molar-refractivity contribution in [1.29, 1.82) is 0 Å². The molecule has 0 fully saturated rings. The maximum absolute atomic E-state index is 5.33. The van der Waals surface area contributed by atoms with Gasteiger partial charge in [0.25, 0.3) is 0 Å². The maximum Gasteiger partial charge on any atom is 0.164 e. The minimum absolute atomic E-state index is 0.627. The summed E-state index contributed by atoms with van der Waals surface area (Å²) in [5.41, 5.74) is 9.08. The van der Waals surface area contributed by atoms with Crippen molar-refractivity contribution in [2.75, 3.05) is 0 Å². The predicted octanol–water partition coefficient (Wildman–Crippen LogP) is 13.4. The normalized spacial score (nSPS) is 11.6. The molecule has 0 unspecified atom stereocenters. The number of hydrogen-bond acceptors (Lipinski definition) is 7. The predicted molar refractivity (Wildman–Crippen MR) is 234 cm³/mol. The molecule has 7 heteroatoms. The third kappa shape index (κ3) is 5.56. The van der Waals surface area contributed by atoms with Crippen molar-refractivity contribution in [2.24, 2.45) is 0 Å². The standard InChI is InChI=1S/C49H29N5S2/c1-4-15-30(16-5-1)33-21-12-22-34(29-33)47-52-46(32-19-8-3-9-20-32)53-48(54-47)37-25-14-28-40-41(37)36-24-13-26-38(44(36)56-40)49-50-42(31-17-6-2-7-18-31)45-43(51-49)35-23-10-11-27-39(35)55-45/h1-29H. The van der Waals surface area contributed by atoms with E-state index >= 15 is 0 Å². The van der Waals surface area contributed by atoms with Crippen LogP contribution >= 0.6 is 22.7 Å². The van der Waals surface area contributed by atoms with Crippen LogP contribution in [0.2, 0.25) is 0 Å². The second kappa shape index (κ2) is 13.4. The van der Waals surface area contributed by atoms with Crippen LogP contribution in [0.15, 0.2) is 176 Å². The highest BCUT2D eigenvalue weighted by Crippen LogP contribution is 2.45. The summed E-state index contributed by atoms with van der Waals surface area (Å²) < 4.78 is 4.57. The molecule has 0 saturated heterocycles. The fraction of sp³-hybridized carbons (Fsp3) is 0. The zero-order chi connectivity index (χ0) is 37.0. The van der Waals surface area contributed by atoms with E-state index in [4.69, 9.17) is 24.9 Å². The van der Waals surface area contributed by atoms with Crippen LogP contribution in [-0.2, 0) is 0 Å². The molecule has 262 valence electrons. The molecule has 0 aliphatic rings. The molecule has 0 N–H and O–H groups in total. The number of hydrogen-bond donors (Lipinski definition) is 0. The van der Waals surface area contributed by atoms with Crippen LogP contribution < -0.4 is 0 Å². The third-order valence-electron chi connectivity index (χ3n) is 10.2. The fourth-order valence-corrected chi connectivity index (χ4v) is 9.92. The van der Waals surface area contributed by atoms with Gasteiger partial charge < -0.3 is 0 Å². The third-order valence-corrected chi connectivity index (χ3v) is 12.5. The van der Waals surface area contributed by atoms with Gasteiger partial charge in [-0.25, -0.2) is 24.9 Å². The van der Waals surface area contributed by atoms with E-state index in [0.717, 1.165) is 80.4 Å². The molecular formula is C49H29N5S2. The first-order valence-electron chi connectivity index (χ1n) is 18.4. The Morgan fingerprint density at radius 3 is 1.66 bits per heavy atom. The van der Waals surface area contributed by atoms with Gasteiger partial charge >= 0.3 is 0 Å². The maximum atomic E-state index is 5.33. The van der Waals surface area contributed by atoms with Gasteiger partial charge in [0.15, 0.2) is 23.3 Å². The Morgan fingerprint density at radius 2 is 0.857 bits per heavy atom. The molecule has 4 heterocycles. The van der Waals surface area contributed by atoms with Gasteiger partial charge in [-0.1, -0.05) is 152 Å². The molecular weight excluding hydrogens is 723 g/mol. The molecule has 0 atom stereocenters. The lowest BCUT2D eigenvalue weighted by Gasteiger charge is -2.11. The molecule has 0 bridgehead atoms. The van der Waals surface area contributed by atoms with Gasteiger partial charge in [0, 0.05) is 58.1 Å². The molecule has 0 saturated carbocycles. The summed E-state index contributed by atoms with van der Waals surface area (Å²) in [7, 11) is 0. The van der Waals surface area contributed by atoms with Crippen LogP contribution in [0.4, 0.5) is 0 Å². The highest BCUT2D eigenvalue weighted by molar-refractivity contribution is 7.26. The molecule has 0 aliphatic heterocycles. The largest absolute Gasteiger partial charge is 0.226 e. The van der Waals surface area contributed by atoms with Gasteiger partial charge in [0.1, 0.15) is 0 Å². The Bertz CT molecular complexity index is 3250. The Hall–Kier alpha value is -6.93. The summed E-state index contributed by atoms with van der Waals surface area (Å²) in [6.45, 7) is 0. The van der Waals surface area contributed by atoms with E-state index in [1.165, 1.54) is 4.70 Å². The monoisotopic (exact) mass is 751 g/mol. The van der Waals surface area contributed by atoms with Crippen molar-refractivity contribution >= 4 is 63.1 Å². The van der Waals surface area contributed by atoms with Crippen molar-refractivity contribution < 1.29 is 0 Å². The topological polar surface area (TPSA) is 64.5 Å². The van der Waals surface area contributed by atoms with Gasteiger partial charge in [-0.3, -0.25) is 0 Å². The van der Waals surface area contributed by atoms with Crippen LogP contribution in [-0.4, -0.2) is 24.9 Å². The summed E-state index contributed by atoms with van der Waals surface area (Å²) in [6, 6.07) is 60.8. The van der Waals surface area contributed by atoms with E-state index in [2.05, 4.69) is 133 Å². The van der Waals surface area contributed by atoms with E-state index in [0.29, 0.717) is 23.3 Å². The Morgan fingerprint density at radius 1 is 0.321 bits per heavy atom. The van der Waals surface area contributed by atoms with Gasteiger partial charge in [-0.05, 0) is 35.4 Å². The fourth-order valence-electron chi connectivity index (χ4n) is 7.52. The lowest BCUT2D eigenvalue weighted by Crippen LogP contribution is -2.00. The van der Waals surface area contributed by atoms with E-state index < -0.39 is 0 Å². The van der Waals surface area contributed by atoms with Gasteiger partial charge in [-0.2, -0.15) is 0 Å². The number of rotatable bonds is 6. The molecule has 0 amide bonds. The average Bonchev–Trinajstić information content (AvgIpc) is 3.86. The minimum atomic E-state index is 0.627. The van der Waals surface area contributed by atoms with Crippen LogP contribution in [0.1, 0.15) is 0 Å². The molecule has 11 rings (SSSR count). The smallest absolute Gasteiger partial charge is 0.164 e. The summed E-state index contributed by atoms with van der Waals surface area (Å²) >= 11 is 3.51. The molecule has 0 aliphatic carbocycles. The quantitative estimate of drug-likeness (QED) is 0.169. The zero-order valence-corrected chi connectivity index (χ0v) is 31.4. The van der Waals surface area contributed by atoms with Crippen molar-refractivity contribution in [3.63, 3.8) is 0 Å². The van der Waals surface area contributed by atoms with Crippen molar-refractivity contribution in [1.82, 2.24) is 24.9 Å². The number of thiophene rings is 2. The Kier molecular flexibility index (Phi) is 7.79. The molecule has 0 spiro atoms. The number of benzene rings is 7. The lowest BCUT2D eigenvalue weighted by molar-refractivity contribution is 1.08. The second-order valence-electron chi connectivity index (χ2n) is 13.6. The number of fused-ring (bicyclic) bond motifs is 6. The van der Waals surface area contributed by atoms with E-state index in [1.807, 2.05) is 42.5 Å². The van der Waals surface area contributed by atoms with Crippen molar-refractivity contribution in [2.45, 2.75) is 0 Å². The van der Waals surface area contributed by atoms with Gasteiger partial charge in [0.05, 0.1) is 15.9 Å². The van der Waals surface area contributed by atoms with Crippen molar-refractivity contribution in [3.05, 3.63) is 176 Å². The lowest BCUT2D eigenvalue weighted by atomic mass is 10.0. The first-order chi connectivity index (χ1) is 27.7. The highest BCUT2D eigenvalue weighted by atomic mass is 32.1. The van der Waals surface area contributed by atoms with E-state index in [-0.39, 0.29) is 0 Å². The SMILES string of the molecule is c1ccc(-c2cccc(-c3nc(-c4ccccc4)nc(-c4cccc5sc6c(-c7nc(-c8ccccc8)c8sc9ccccc9c8n7)cccc6c45)n3)c2)cc1. The Balaban J connectivity index is 1.12. The van der Waals surface area contributed by atoms with E-state index in [9.17, 15) is 0 Å². The second-order valence-corrected chi connectivity index (χ2v) is 15.7. The minimum Gasteiger partial charge on any atom is -0.226 e. The van der Waals surface area contributed by atoms with Gasteiger partial charge in [0.2, 0.25) is 0 Å². The molecule has 7 aromatic carbocycles. The summed E-state index contributed by atoms with van der Waals surface area (Å²) in [5, 5.41) is 3.37. The highest BCUT2D eigenvalue weighted by Gasteiger charge is 2.21. The average molecular weight is 752 g/mol. The van der Waals surface area contributed by atoms with Crippen molar-refractivity contribution in [3.8, 4) is 67.9 Å². The van der Waals surface area contributed by atoms with Gasteiger partial charge in [-0.15, -0.1) is 22.7 Å². The number of nitrogens with zero attached hydrogens (tertiary/aromatic N) is 5. The van der Waals surface area contributed by atoms with Crippen LogP contribution in [0.3, 0.4) is 0 Å². The summed E-state index contributed by atoms with van der Waals surface area (Å²) in [4.78, 5) is 26.1. The Labute approximate surface area is 330 Å². The molecule has 5 nitrogen and oxygen atoms in total. The van der Waals surface area contributed by atoms with Crippen LogP contribution in [0, 0.1) is 0 Å². The first kappa shape index (κ1) is 32.5. The first-order valence-corrected chi connectivity index (χ1v) is 20.1. The zero-order valence-electron chi connectivity index (χ0n) is 29.8. The number of aromatic nitrogens is 5. The summed E-state index contributed by atoms with van der Waals surface area (Å²) in [6.07, 6.45) is 0. The summed E-state index contributed by atoms with van der Waals surface area (Å²) in [5.74, 6) is 2.60. The molecule has 11 aromatic rings. The molecule has 4 aromatic heterocycles. The molecule has 0 radical (unpaired) electrons.